The van der Waals surface area contributed by atoms with Crippen LogP contribution in [0.1, 0.15) is 31.4 Å². The molecular weight excluding hydrogens is 416 g/mol. The minimum absolute atomic E-state index is 0.146. The summed E-state index contributed by atoms with van der Waals surface area (Å²) in [6.45, 7) is 3.55. The van der Waals surface area contributed by atoms with Gasteiger partial charge >= 0.3 is 12.0 Å². The van der Waals surface area contributed by atoms with Crippen LogP contribution in [-0.4, -0.2) is 63.3 Å². The maximum atomic E-state index is 13.0. The molecule has 1 saturated heterocycles. The topological polar surface area (TPSA) is 132 Å². The zero-order valence-corrected chi connectivity index (χ0v) is 18.6. The van der Waals surface area contributed by atoms with Crippen molar-refractivity contribution in [2.45, 2.75) is 25.8 Å². The molecule has 0 aromatic heterocycles. The predicted octanol–water partition coefficient (Wildman–Crippen LogP) is 1.07. The van der Waals surface area contributed by atoms with Gasteiger partial charge < -0.3 is 30.6 Å². The van der Waals surface area contributed by atoms with Crippen LogP contribution < -0.4 is 25.8 Å². The first-order valence-corrected chi connectivity index (χ1v) is 10.6. The van der Waals surface area contributed by atoms with E-state index in [1.54, 1.807) is 25.1 Å². The zero-order valence-electron chi connectivity index (χ0n) is 18.6. The number of primary amides is 1. The minimum Gasteiger partial charge on any atom is -0.493 e. The van der Waals surface area contributed by atoms with Crippen LogP contribution in [-0.2, 0) is 14.3 Å². The van der Waals surface area contributed by atoms with Crippen LogP contribution >= 0.6 is 0 Å². The highest BCUT2D eigenvalue weighted by Crippen LogP contribution is 2.34. The Bertz CT molecular complexity index is 908. The number of nitrogens with one attached hydrogen (secondary N) is 2. The first-order valence-electron chi connectivity index (χ1n) is 10.6. The van der Waals surface area contributed by atoms with E-state index in [-0.39, 0.29) is 18.4 Å². The lowest BCUT2D eigenvalue weighted by molar-refractivity contribution is -0.139. The second-order valence-corrected chi connectivity index (χ2v) is 7.71. The quantitative estimate of drug-likeness (QED) is 0.509. The molecule has 1 unspecified atom stereocenters. The summed E-state index contributed by atoms with van der Waals surface area (Å²) in [7, 11) is 3.05. The van der Waals surface area contributed by atoms with E-state index in [2.05, 4.69) is 15.5 Å². The van der Waals surface area contributed by atoms with Gasteiger partial charge in [0.2, 0.25) is 5.91 Å². The highest BCUT2D eigenvalue weighted by Gasteiger charge is 2.35. The maximum absolute atomic E-state index is 13.0. The summed E-state index contributed by atoms with van der Waals surface area (Å²) >= 11 is 0. The number of rotatable bonds is 8. The number of likely N-dealkylation sites (tertiary alicyclic amines) is 1. The Morgan fingerprint density at radius 1 is 1.16 bits per heavy atom. The number of nitrogens with zero attached hydrogens (tertiary/aromatic N) is 1. The van der Waals surface area contributed by atoms with Crippen molar-refractivity contribution in [1.82, 2.24) is 15.5 Å². The van der Waals surface area contributed by atoms with Crippen LogP contribution in [0.3, 0.4) is 0 Å². The minimum atomic E-state index is -0.722. The van der Waals surface area contributed by atoms with Gasteiger partial charge in [-0.1, -0.05) is 6.07 Å². The number of hydrogen-bond acceptors (Lipinski definition) is 7. The average Bonchev–Trinajstić information content (AvgIpc) is 2.78. The number of carbonyl (C=O) groups excluding carboxylic acids is 3. The van der Waals surface area contributed by atoms with E-state index in [1.807, 2.05) is 0 Å². The number of benzene rings is 1. The average molecular weight is 447 g/mol. The molecule has 10 heteroatoms. The van der Waals surface area contributed by atoms with Gasteiger partial charge in [-0.25, -0.2) is 9.59 Å². The summed E-state index contributed by atoms with van der Waals surface area (Å²) in [5.74, 6) is 0.0697. The molecule has 3 amide bonds. The molecule has 3 rings (SSSR count). The second kappa shape index (κ2) is 10.4. The zero-order chi connectivity index (χ0) is 23.3. The molecule has 0 spiro atoms. The van der Waals surface area contributed by atoms with Crippen LogP contribution in [0, 0.1) is 5.92 Å². The van der Waals surface area contributed by atoms with Gasteiger partial charge in [-0.3, -0.25) is 9.69 Å². The van der Waals surface area contributed by atoms with Crippen LogP contribution in [0.4, 0.5) is 4.79 Å². The summed E-state index contributed by atoms with van der Waals surface area (Å²) in [5.41, 5.74) is 6.89. The van der Waals surface area contributed by atoms with Gasteiger partial charge in [0.15, 0.2) is 11.5 Å². The first kappa shape index (κ1) is 23.4. The summed E-state index contributed by atoms with van der Waals surface area (Å²) in [6, 6.07) is 4.08. The third-order valence-electron chi connectivity index (χ3n) is 5.76. The van der Waals surface area contributed by atoms with Crippen molar-refractivity contribution in [3.05, 3.63) is 35.0 Å². The number of esters is 1. The molecule has 0 bridgehead atoms. The van der Waals surface area contributed by atoms with Crippen LogP contribution in [0.2, 0.25) is 0 Å². The molecule has 2 aliphatic rings. The molecule has 4 N–H and O–H groups in total. The third kappa shape index (κ3) is 5.13. The van der Waals surface area contributed by atoms with E-state index >= 15 is 0 Å². The van der Waals surface area contributed by atoms with Crippen molar-refractivity contribution in [1.29, 1.82) is 0 Å². The fraction of sp³-hybridized carbons (Fsp3) is 0.500. The molecule has 1 fully saturated rings. The SMILES string of the molecule is CCOC(=O)C1=C(CN2CCC(C(N)=O)CC2)NC(=O)NC1c1ccc(OC)c(OC)c1. The van der Waals surface area contributed by atoms with Crippen molar-refractivity contribution < 1.29 is 28.6 Å². The van der Waals surface area contributed by atoms with Gasteiger partial charge in [-0.05, 0) is 50.6 Å². The van der Waals surface area contributed by atoms with E-state index < -0.39 is 18.0 Å². The van der Waals surface area contributed by atoms with Gasteiger partial charge in [-0.2, -0.15) is 0 Å². The number of urea groups is 1. The molecule has 0 radical (unpaired) electrons. The molecule has 1 aromatic rings. The molecule has 174 valence electrons. The van der Waals surface area contributed by atoms with Gasteiger partial charge in [0.05, 0.1) is 32.4 Å². The van der Waals surface area contributed by atoms with Crippen molar-refractivity contribution in [3.8, 4) is 11.5 Å². The largest absolute Gasteiger partial charge is 0.493 e. The Labute approximate surface area is 187 Å². The first-order chi connectivity index (χ1) is 15.4. The van der Waals surface area contributed by atoms with E-state index in [0.717, 1.165) is 0 Å². The predicted molar refractivity (Wildman–Crippen MR) is 116 cm³/mol. The summed E-state index contributed by atoms with van der Waals surface area (Å²) < 4.78 is 16.0. The number of carbonyl (C=O) groups is 3. The van der Waals surface area contributed by atoms with E-state index in [1.165, 1.54) is 14.2 Å². The molecule has 32 heavy (non-hydrogen) atoms. The molecule has 2 aliphatic heterocycles. The fourth-order valence-corrected chi connectivity index (χ4v) is 4.07. The summed E-state index contributed by atoms with van der Waals surface area (Å²) in [6.07, 6.45) is 1.28. The normalized spacial score (nSPS) is 19.7. The number of hydrogen-bond donors (Lipinski definition) is 3. The number of amides is 3. The Kier molecular flexibility index (Phi) is 7.57. The number of nitrogens with two attached hydrogens (primary N) is 1. The Morgan fingerprint density at radius 3 is 2.44 bits per heavy atom. The van der Waals surface area contributed by atoms with Crippen molar-refractivity contribution in [2.24, 2.45) is 11.7 Å². The third-order valence-corrected chi connectivity index (χ3v) is 5.76. The number of methoxy groups -OCH3 is 2. The van der Waals surface area contributed by atoms with Crippen LogP contribution in [0.5, 0.6) is 11.5 Å². The van der Waals surface area contributed by atoms with Crippen molar-refractivity contribution in [3.63, 3.8) is 0 Å². The smallest absolute Gasteiger partial charge is 0.338 e. The van der Waals surface area contributed by atoms with Gasteiger partial charge in [0, 0.05) is 18.2 Å². The van der Waals surface area contributed by atoms with E-state index in [4.69, 9.17) is 19.9 Å². The van der Waals surface area contributed by atoms with Crippen LogP contribution in [0.15, 0.2) is 29.5 Å². The molecule has 10 nitrogen and oxygen atoms in total. The lowest BCUT2D eigenvalue weighted by atomic mass is 9.93. The van der Waals surface area contributed by atoms with Gasteiger partial charge in [-0.15, -0.1) is 0 Å². The van der Waals surface area contributed by atoms with Crippen LogP contribution in [0.25, 0.3) is 0 Å². The lowest BCUT2D eigenvalue weighted by Crippen LogP contribution is -2.49. The Balaban J connectivity index is 1.95. The lowest BCUT2D eigenvalue weighted by Gasteiger charge is -2.34. The monoisotopic (exact) mass is 446 g/mol. The van der Waals surface area contributed by atoms with Crippen molar-refractivity contribution in [2.75, 3.05) is 40.5 Å². The second-order valence-electron chi connectivity index (χ2n) is 7.71. The Morgan fingerprint density at radius 2 is 1.84 bits per heavy atom. The van der Waals surface area contributed by atoms with E-state index in [9.17, 15) is 14.4 Å². The summed E-state index contributed by atoms with van der Waals surface area (Å²) in [5, 5.41) is 5.59. The highest BCUT2D eigenvalue weighted by atomic mass is 16.5. The Hall–Kier alpha value is -3.27. The molecule has 1 aromatic carbocycles. The highest BCUT2D eigenvalue weighted by molar-refractivity contribution is 5.95. The van der Waals surface area contributed by atoms with E-state index in [0.29, 0.717) is 60.8 Å². The molecule has 1 atom stereocenters. The van der Waals surface area contributed by atoms with Gasteiger partial charge in [0.25, 0.3) is 0 Å². The maximum Gasteiger partial charge on any atom is 0.338 e. The van der Waals surface area contributed by atoms with Gasteiger partial charge in [0.1, 0.15) is 0 Å². The molecule has 2 heterocycles. The molecular formula is C22H30N4O6. The number of ether oxygens (including phenoxy) is 3. The summed E-state index contributed by atoms with van der Waals surface area (Å²) in [4.78, 5) is 39.0. The van der Waals surface area contributed by atoms with Crippen molar-refractivity contribution >= 4 is 17.9 Å². The number of piperidine rings is 1. The molecule has 0 saturated carbocycles. The standard InChI is InChI=1S/C22H30N4O6/c1-4-32-21(28)18-15(12-26-9-7-13(8-10-26)20(23)27)24-22(29)25-19(18)14-5-6-16(30-2)17(11-14)31-3/h5-6,11,13,19H,4,7-10,12H2,1-3H3,(H2,23,27)(H2,24,25,29). The molecule has 0 aliphatic carbocycles. The fourth-order valence-electron chi connectivity index (χ4n) is 4.07.